The molecule has 138 valence electrons. The molecule has 1 heterocycles. The van der Waals surface area contributed by atoms with E-state index in [1.54, 1.807) is 6.08 Å². The number of anilines is 1. The number of hydrogen-bond donors (Lipinski definition) is 4. The van der Waals surface area contributed by atoms with E-state index in [2.05, 4.69) is 10.6 Å². The predicted molar refractivity (Wildman–Crippen MR) is 94.8 cm³/mol. The topological polar surface area (TPSA) is 77.4 Å². The first-order chi connectivity index (χ1) is 11.9. The minimum absolute atomic E-state index is 0.0151. The van der Waals surface area contributed by atoms with E-state index in [0.29, 0.717) is 25.1 Å². The Morgan fingerprint density at radius 2 is 2.04 bits per heavy atom. The van der Waals surface area contributed by atoms with Crippen LogP contribution in [0.2, 0.25) is 0 Å². The van der Waals surface area contributed by atoms with Gasteiger partial charge in [0.25, 0.3) is 0 Å². The third-order valence-electron chi connectivity index (χ3n) is 3.92. The fourth-order valence-electron chi connectivity index (χ4n) is 2.48. The van der Waals surface area contributed by atoms with Gasteiger partial charge in [0.15, 0.2) is 5.90 Å². The third kappa shape index (κ3) is 5.51. The summed E-state index contributed by atoms with van der Waals surface area (Å²) in [6.07, 6.45) is 1.48. The van der Waals surface area contributed by atoms with Crippen molar-refractivity contribution in [3.8, 4) is 0 Å². The summed E-state index contributed by atoms with van der Waals surface area (Å²) in [5.74, 6) is -1.21. The van der Waals surface area contributed by atoms with E-state index in [0.717, 1.165) is 0 Å². The van der Waals surface area contributed by atoms with Crippen molar-refractivity contribution in [1.82, 2.24) is 5.32 Å². The van der Waals surface area contributed by atoms with Crippen molar-refractivity contribution in [2.45, 2.75) is 26.4 Å². The molecule has 0 fully saturated rings. The molecule has 1 aromatic rings. The average Bonchev–Trinajstić information content (AvgIpc) is 2.58. The molecule has 0 bridgehead atoms. The maximum atomic E-state index is 14.3. The van der Waals surface area contributed by atoms with Gasteiger partial charge in [-0.3, -0.25) is 5.41 Å². The van der Waals surface area contributed by atoms with Crippen LogP contribution >= 0.6 is 0 Å². The molecule has 25 heavy (non-hydrogen) atoms. The van der Waals surface area contributed by atoms with Gasteiger partial charge in [0, 0.05) is 30.3 Å². The van der Waals surface area contributed by atoms with Crippen molar-refractivity contribution in [2.75, 3.05) is 31.6 Å². The summed E-state index contributed by atoms with van der Waals surface area (Å²) in [7, 11) is 0. The van der Waals surface area contributed by atoms with Gasteiger partial charge in [-0.25, -0.2) is 8.78 Å². The molecule has 4 N–H and O–H groups in total. The van der Waals surface area contributed by atoms with Gasteiger partial charge in [-0.15, -0.1) is 0 Å². The second-order valence-electron chi connectivity index (χ2n) is 6.36. The van der Waals surface area contributed by atoms with Gasteiger partial charge in [0.1, 0.15) is 24.3 Å². The average molecular weight is 353 g/mol. The summed E-state index contributed by atoms with van der Waals surface area (Å²) in [5, 5.41) is 23.3. The second-order valence-corrected chi connectivity index (χ2v) is 6.36. The summed E-state index contributed by atoms with van der Waals surface area (Å²) in [4.78, 5) is 0. The summed E-state index contributed by atoms with van der Waals surface area (Å²) in [5.41, 5.74) is 0.938. The number of aliphatic hydroxyl groups excluding tert-OH is 1. The summed E-state index contributed by atoms with van der Waals surface area (Å²) in [6.45, 7) is 4.95. The zero-order chi connectivity index (χ0) is 18.4. The lowest BCUT2D eigenvalue weighted by atomic mass is 9.98. The smallest absolute Gasteiger partial charge is 0.183 e. The summed E-state index contributed by atoms with van der Waals surface area (Å²) in [6, 6.07) is 2.45. The maximum absolute atomic E-state index is 14.3. The first-order valence-corrected chi connectivity index (χ1v) is 8.40. The Balaban J connectivity index is 1.95. The van der Waals surface area contributed by atoms with Crippen molar-refractivity contribution in [3.05, 3.63) is 35.4 Å². The highest BCUT2D eigenvalue weighted by Gasteiger charge is 2.17. The normalized spacial score (nSPS) is 15.7. The fraction of sp³-hybridized carbons (Fsp3) is 0.500. The first kappa shape index (κ1) is 19.3. The van der Waals surface area contributed by atoms with Crippen LogP contribution in [0, 0.1) is 23.0 Å². The number of halogens is 2. The number of hydrogen-bond acceptors (Lipinski definition) is 5. The van der Waals surface area contributed by atoms with Gasteiger partial charge in [-0.05, 0) is 30.7 Å². The molecule has 0 aliphatic carbocycles. The summed E-state index contributed by atoms with van der Waals surface area (Å²) >= 11 is 0. The van der Waals surface area contributed by atoms with Gasteiger partial charge in [-0.2, -0.15) is 0 Å². The molecule has 0 saturated carbocycles. The zero-order valence-electron chi connectivity index (χ0n) is 14.5. The quantitative estimate of drug-likeness (QED) is 0.449. The van der Waals surface area contributed by atoms with Crippen LogP contribution in [0.25, 0.3) is 5.57 Å². The third-order valence-corrected chi connectivity index (χ3v) is 3.92. The number of ether oxygens (including phenoxy) is 1. The van der Waals surface area contributed by atoms with Crippen molar-refractivity contribution in [3.63, 3.8) is 0 Å². The van der Waals surface area contributed by atoms with Crippen LogP contribution in [-0.4, -0.2) is 43.3 Å². The highest BCUT2D eigenvalue weighted by molar-refractivity contribution is 5.74. The lowest BCUT2D eigenvalue weighted by Crippen LogP contribution is -2.27. The lowest BCUT2D eigenvalue weighted by Gasteiger charge is -2.18. The Morgan fingerprint density at radius 3 is 2.60 bits per heavy atom. The Bertz CT molecular complexity index is 624. The number of nitrogens with one attached hydrogen (secondary N) is 3. The Kier molecular flexibility index (Phi) is 6.90. The molecule has 0 spiro atoms. The summed E-state index contributed by atoms with van der Waals surface area (Å²) < 4.78 is 33.7. The molecule has 1 unspecified atom stereocenters. The molecule has 2 rings (SSSR count). The Labute approximate surface area is 146 Å². The second kappa shape index (κ2) is 8.92. The molecule has 1 aliphatic rings. The molecule has 0 radical (unpaired) electrons. The fourth-order valence-corrected chi connectivity index (χ4v) is 2.48. The Hall–Kier alpha value is -1.99. The zero-order valence-corrected chi connectivity index (χ0v) is 14.5. The van der Waals surface area contributed by atoms with Gasteiger partial charge < -0.3 is 20.5 Å². The van der Waals surface area contributed by atoms with Crippen molar-refractivity contribution < 1.29 is 18.6 Å². The molecule has 1 aliphatic heterocycles. The molecule has 1 aromatic carbocycles. The van der Waals surface area contributed by atoms with Gasteiger partial charge in [0.2, 0.25) is 0 Å². The van der Waals surface area contributed by atoms with Crippen LogP contribution < -0.4 is 10.6 Å². The molecular weight excluding hydrogens is 328 g/mol. The van der Waals surface area contributed by atoms with E-state index in [1.807, 2.05) is 13.8 Å². The van der Waals surface area contributed by atoms with Gasteiger partial charge in [0.05, 0.1) is 0 Å². The van der Waals surface area contributed by atoms with Crippen LogP contribution in [0.3, 0.4) is 0 Å². The van der Waals surface area contributed by atoms with Crippen molar-refractivity contribution in [1.29, 1.82) is 5.41 Å². The minimum atomic E-state index is -0.892. The largest absolute Gasteiger partial charge is 0.478 e. The molecule has 5 nitrogen and oxygen atoms in total. The van der Waals surface area contributed by atoms with Crippen LogP contribution in [0.5, 0.6) is 0 Å². The monoisotopic (exact) mass is 353 g/mol. The highest BCUT2D eigenvalue weighted by atomic mass is 19.1. The van der Waals surface area contributed by atoms with Crippen LogP contribution in [0.4, 0.5) is 14.5 Å². The standard InChI is InChI=1S/C18H25F2N3O2/c1-11(2)18(21)25-10-14(24)9-23-13-7-15(19)17(16(20)8-13)12-3-5-22-6-4-12/h3,7-8,11,14,21-24H,4-6,9-10H2,1-2H3. The van der Waals surface area contributed by atoms with E-state index >= 15 is 0 Å². The van der Waals surface area contributed by atoms with E-state index < -0.39 is 17.7 Å². The van der Waals surface area contributed by atoms with Crippen LogP contribution in [-0.2, 0) is 4.74 Å². The Morgan fingerprint density at radius 1 is 1.36 bits per heavy atom. The van der Waals surface area contributed by atoms with E-state index in [4.69, 9.17) is 10.1 Å². The predicted octanol–water partition coefficient (Wildman–Crippen LogP) is 2.76. The van der Waals surface area contributed by atoms with E-state index in [1.165, 1.54) is 12.1 Å². The molecule has 0 saturated heterocycles. The lowest BCUT2D eigenvalue weighted by molar-refractivity contribution is 0.107. The minimum Gasteiger partial charge on any atom is -0.478 e. The molecule has 1 atom stereocenters. The van der Waals surface area contributed by atoms with E-state index in [9.17, 15) is 13.9 Å². The first-order valence-electron chi connectivity index (χ1n) is 8.40. The molecule has 0 aromatic heterocycles. The van der Waals surface area contributed by atoms with Crippen LogP contribution in [0.15, 0.2) is 18.2 Å². The molecule has 0 amide bonds. The van der Waals surface area contributed by atoms with Gasteiger partial charge >= 0.3 is 0 Å². The van der Waals surface area contributed by atoms with Crippen molar-refractivity contribution >= 4 is 17.2 Å². The number of aliphatic hydroxyl groups is 1. The maximum Gasteiger partial charge on any atom is 0.183 e. The molecule has 7 heteroatoms. The van der Waals surface area contributed by atoms with Gasteiger partial charge in [-0.1, -0.05) is 19.9 Å². The number of benzene rings is 1. The molecular formula is C18H25F2N3O2. The van der Waals surface area contributed by atoms with Crippen LogP contribution in [0.1, 0.15) is 25.8 Å². The highest BCUT2D eigenvalue weighted by Crippen LogP contribution is 2.28. The SMILES string of the molecule is CC(C)C(=N)OCC(O)CNc1cc(F)c(C2=CCNCC2)c(F)c1. The number of rotatable bonds is 7. The van der Waals surface area contributed by atoms with Crippen molar-refractivity contribution in [2.24, 2.45) is 5.92 Å². The van der Waals surface area contributed by atoms with E-state index in [-0.39, 0.29) is 36.2 Å².